The number of piperidine rings is 2. The van der Waals surface area contributed by atoms with Gasteiger partial charge in [-0.15, -0.1) is 0 Å². The molecule has 1 saturated carbocycles. The number of aliphatic hydroxyl groups is 1. The lowest BCUT2D eigenvalue weighted by Gasteiger charge is -2.33. The number of nitrogens with zero attached hydrogens (tertiary/aromatic N) is 4. The summed E-state index contributed by atoms with van der Waals surface area (Å²) in [6.07, 6.45) is 8.91. The fourth-order valence-corrected chi connectivity index (χ4v) is 6.76. The third-order valence-electron chi connectivity index (χ3n) is 7.80. The van der Waals surface area contributed by atoms with Crippen LogP contribution in [0.1, 0.15) is 69.3 Å². The molecule has 11 heteroatoms. The van der Waals surface area contributed by atoms with Gasteiger partial charge in [0.15, 0.2) is 11.5 Å². The van der Waals surface area contributed by atoms with E-state index in [0.717, 1.165) is 45.2 Å². The molecule has 2 saturated heterocycles. The summed E-state index contributed by atoms with van der Waals surface area (Å²) in [4.78, 5) is 24.9. The molecule has 38 heavy (non-hydrogen) atoms. The number of carbonyl (C=O) groups is 1. The van der Waals surface area contributed by atoms with Crippen molar-refractivity contribution in [2.24, 2.45) is 5.41 Å². The number of rotatable bonds is 8. The van der Waals surface area contributed by atoms with Gasteiger partial charge in [0.2, 0.25) is 10.0 Å². The van der Waals surface area contributed by atoms with E-state index < -0.39 is 21.5 Å². The summed E-state index contributed by atoms with van der Waals surface area (Å²) in [6.45, 7) is 6.33. The lowest BCUT2D eigenvalue weighted by atomic mass is 9.93. The highest BCUT2D eigenvalue weighted by atomic mass is 32.2. The summed E-state index contributed by atoms with van der Waals surface area (Å²) >= 11 is 0. The Morgan fingerprint density at radius 1 is 1.08 bits per heavy atom. The van der Waals surface area contributed by atoms with Crippen LogP contribution >= 0.6 is 0 Å². The molecule has 1 spiro atoms. The average Bonchev–Trinajstić information content (AvgIpc) is 3.66. The van der Waals surface area contributed by atoms with Crippen LogP contribution in [0.3, 0.4) is 0 Å². The first-order valence-electron chi connectivity index (χ1n) is 13.5. The Hall–Kier alpha value is -2.76. The van der Waals surface area contributed by atoms with Gasteiger partial charge >= 0.3 is 0 Å². The first kappa shape index (κ1) is 26.8. The molecule has 5 rings (SSSR count). The highest BCUT2D eigenvalue weighted by Gasteiger charge is 2.45. The third kappa shape index (κ3) is 6.10. The van der Waals surface area contributed by atoms with Crippen LogP contribution in [-0.4, -0.2) is 72.0 Å². The number of nitrogens with one attached hydrogen (secondary N) is 2. The predicted octanol–water partition coefficient (Wildman–Crippen LogP) is 3.47. The van der Waals surface area contributed by atoms with E-state index in [9.17, 15) is 18.3 Å². The number of carbonyl (C=O) groups excluding carboxylic acids is 1. The van der Waals surface area contributed by atoms with E-state index in [0.29, 0.717) is 35.8 Å². The molecule has 3 fully saturated rings. The molecule has 0 atom stereocenters. The van der Waals surface area contributed by atoms with Gasteiger partial charge in [0.05, 0.1) is 16.7 Å². The summed E-state index contributed by atoms with van der Waals surface area (Å²) < 4.78 is 27.8. The van der Waals surface area contributed by atoms with Gasteiger partial charge in [-0.25, -0.2) is 18.4 Å². The Balaban J connectivity index is 1.37. The maximum Gasteiger partial charge on any atom is 0.278 e. The van der Waals surface area contributed by atoms with Gasteiger partial charge in [0.25, 0.3) is 5.91 Å². The minimum Gasteiger partial charge on any atom is -0.389 e. The first-order valence-corrected chi connectivity index (χ1v) is 15.0. The molecule has 1 amide bonds. The fraction of sp³-hybridized carbons (Fsp3) is 0.593. The second-order valence-electron chi connectivity index (χ2n) is 11.5. The minimum atomic E-state index is -3.62. The minimum absolute atomic E-state index is 0.167. The van der Waals surface area contributed by atoms with E-state index in [4.69, 9.17) is 4.98 Å². The van der Waals surface area contributed by atoms with Gasteiger partial charge in [-0.05, 0) is 76.0 Å². The van der Waals surface area contributed by atoms with Crippen molar-refractivity contribution < 1.29 is 18.3 Å². The quantitative estimate of drug-likeness (QED) is 0.463. The van der Waals surface area contributed by atoms with Crippen LogP contribution in [0.2, 0.25) is 0 Å². The zero-order chi connectivity index (χ0) is 27.0. The average molecular weight is 543 g/mol. The van der Waals surface area contributed by atoms with Gasteiger partial charge in [0.1, 0.15) is 5.82 Å². The molecule has 0 unspecified atom stereocenters. The van der Waals surface area contributed by atoms with Crippen LogP contribution in [0.5, 0.6) is 0 Å². The van der Waals surface area contributed by atoms with Crippen molar-refractivity contribution in [1.29, 1.82) is 0 Å². The van der Waals surface area contributed by atoms with Crippen molar-refractivity contribution >= 4 is 33.3 Å². The van der Waals surface area contributed by atoms with Gasteiger partial charge in [-0.2, -0.15) is 4.31 Å². The van der Waals surface area contributed by atoms with Crippen molar-refractivity contribution in [1.82, 2.24) is 14.3 Å². The van der Waals surface area contributed by atoms with Crippen molar-refractivity contribution in [3.63, 3.8) is 0 Å². The number of hydrogen-bond acceptors (Lipinski definition) is 8. The smallest absolute Gasteiger partial charge is 0.278 e. The molecule has 3 aliphatic rings. The molecular formula is C27H38N6O4S. The molecule has 3 heterocycles. The van der Waals surface area contributed by atoms with Gasteiger partial charge < -0.3 is 20.6 Å². The second-order valence-corrected chi connectivity index (χ2v) is 13.5. The number of sulfonamides is 1. The van der Waals surface area contributed by atoms with Gasteiger partial charge in [0, 0.05) is 38.4 Å². The monoisotopic (exact) mass is 542 g/mol. The lowest BCUT2D eigenvalue weighted by molar-refractivity contribution is 0.0943. The number of amides is 1. The SMILES string of the molecule is CC(C)(O)CNc1cnc(C(=O)Nc2cccc(S(=O)(=O)N3CCCCC3)c2)c(N2CCC3(CC2)CC3)n1. The Kier molecular flexibility index (Phi) is 7.36. The predicted molar refractivity (Wildman–Crippen MR) is 147 cm³/mol. The van der Waals surface area contributed by atoms with Crippen LogP contribution in [0, 0.1) is 5.41 Å². The van der Waals surface area contributed by atoms with Crippen LogP contribution in [0.15, 0.2) is 35.4 Å². The molecular weight excluding hydrogens is 504 g/mol. The molecule has 1 aromatic heterocycles. The maximum absolute atomic E-state index is 13.4. The number of anilines is 3. The normalized spacial score (nSPS) is 19.8. The number of benzene rings is 1. The van der Waals surface area contributed by atoms with Gasteiger partial charge in [-0.1, -0.05) is 12.5 Å². The maximum atomic E-state index is 13.4. The zero-order valence-corrected chi connectivity index (χ0v) is 23.1. The zero-order valence-electron chi connectivity index (χ0n) is 22.2. The third-order valence-corrected chi connectivity index (χ3v) is 9.69. The molecule has 1 aromatic carbocycles. The van der Waals surface area contributed by atoms with Crippen LogP contribution in [-0.2, 0) is 10.0 Å². The first-order chi connectivity index (χ1) is 18.0. The summed E-state index contributed by atoms with van der Waals surface area (Å²) in [5.74, 6) is 0.539. The summed E-state index contributed by atoms with van der Waals surface area (Å²) in [5, 5.41) is 16.1. The van der Waals surface area contributed by atoms with E-state index in [1.54, 1.807) is 32.0 Å². The van der Waals surface area contributed by atoms with E-state index >= 15 is 0 Å². The molecule has 10 nitrogen and oxygen atoms in total. The van der Waals surface area contributed by atoms with Crippen LogP contribution in [0.4, 0.5) is 17.3 Å². The molecule has 2 aliphatic heterocycles. The molecule has 2 aromatic rings. The van der Waals surface area contributed by atoms with Crippen molar-refractivity contribution in [3.8, 4) is 0 Å². The Bertz CT molecular complexity index is 1270. The summed E-state index contributed by atoms with van der Waals surface area (Å²) in [5.41, 5.74) is 0.111. The van der Waals surface area contributed by atoms with E-state index in [1.807, 2.05) is 0 Å². The van der Waals surface area contributed by atoms with Crippen LogP contribution < -0.4 is 15.5 Å². The molecule has 206 valence electrons. The highest BCUT2D eigenvalue weighted by Crippen LogP contribution is 2.54. The Labute approximate surface area is 224 Å². The Morgan fingerprint density at radius 2 is 1.79 bits per heavy atom. The molecule has 0 radical (unpaired) electrons. The van der Waals surface area contributed by atoms with Crippen LogP contribution in [0.25, 0.3) is 0 Å². The largest absolute Gasteiger partial charge is 0.389 e. The van der Waals surface area contributed by atoms with Gasteiger partial charge in [-0.3, -0.25) is 4.79 Å². The lowest BCUT2D eigenvalue weighted by Crippen LogP contribution is -2.37. The Morgan fingerprint density at radius 3 is 2.45 bits per heavy atom. The topological polar surface area (TPSA) is 128 Å². The second kappa shape index (κ2) is 10.4. The molecule has 1 aliphatic carbocycles. The van der Waals surface area contributed by atoms with E-state index in [1.165, 1.54) is 29.4 Å². The van der Waals surface area contributed by atoms with Crippen molar-refractivity contribution in [2.45, 2.75) is 69.3 Å². The summed E-state index contributed by atoms with van der Waals surface area (Å²) in [6, 6.07) is 6.39. The summed E-state index contributed by atoms with van der Waals surface area (Å²) in [7, 11) is -3.62. The standard InChI is InChI=1S/C27H38N6O4S/c1-26(2,35)19-29-22-18-28-23(24(31-22)32-15-11-27(9-10-27)12-16-32)25(34)30-20-7-6-8-21(17-20)38(36,37)33-13-4-3-5-14-33/h6-8,17-18,35H,3-5,9-16,19H2,1-2H3,(H,29,31)(H,30,34). The molecule has 3 N–H and O–H groups in total. The number of hydrogen-bond donors (Lipinski definition) is 3. The molecule has 0 bridgehead atoms. The van der Waals surface area contributed by atoms with E-state index in [-0.39, 0.29) is 17.1 Å². The van der Waals surface area contributed by atoms with E-state index in [2.05, 4.69) is 20.5 Å². The van der Waals surface area contributed by atoms with Crippen molar-refractivity contribution in [3.05, 3.63) is 36.2 Å². The highest BCUT2D eigenvalue weighted by molar-refractivity contribution is 7.89. The number of aromatic nitrogens is 2. The fourth-order valence-electron chi connectivity index (χ4n) is 5.20. The van der Waals surface area contributed by atoms with Crippen molar-refractivity contribution in [2.75, 3.05) is 48.3 Å².